The molecule has 1 saturated heterocycles. The van der Waals surface area contributed by atoms with Crippen molar-refractivity contribution in [2.45, 2.75) is 6.42 Å². The van der Waals surface area contributed by atoms with Gasteiger partial charge in [-0.05, 0) is 12.0 Å². The van der Waals surface area contributed by atoms with Gasteiger partial charge < -0.3 is 4.74 Å². The molecule has 0 aromatic heterocycles. The van der Waals surface area contributed by atoms with Crippen molar-refractivity contribution in [1.82, 2.24) is 9.03 Å². The van der Waals surface area contributed by atoms with Crippen molar-refractivity contribution in [3.05, 3.63) is 35.9 Å². The molecule has 0 atom stereocenters. The van der Waals surface area contributed by atoms with E-state index in [9.17, 15) is 16.8 Å². The Kier molecular flexibility index (Phi) is 6.54. The van der Waals surface area contributed by atoms with E-state index in [4.69, 9.17) is 4.74 Å². The van der Waals surface area contributed by atoms with Crippen molar-refractivity contribution >= 4 is 20.0 Å². The summed E-state index contributed by atoms with van der Waals surface area (Å²) in [6, 6.07) is 9.29. The summed E-state index contributed by atoms with van der Waals surface area (Å²) in [6.07, 6.45) is 0.395. The highest BCUT2D eigenvalue weighted by Crippen LogP contribution is 2.05. The highest BCUT2D eigenvalue weighted by atomic mass is 32.2. The fraction of sp³-hybridized carbons (Fsp3) is 0.571. The van der Waals surface area contributed by atoms with Gasteiger partial charge in [-0.1, -0.05) is 30.3 Å². The van der Waals surface area contributed by atoms with Gasteiger partial charge in [0.2, 0.25) is 20.0 Å². The number of nitrogens with zero attached hydrogens (tertiary/aromatic N) is 1. The number of sulfonamides is 2. The van der Waals surface area contributed by atoms with Gasteiger partial charge in [0.25, 0.3) is 0 Å². The lowest BCUT2D eigenvalue weighted by atomic mass is 10.2. The molecule has 9 heteroatoms. The molecular weight excluding hydrogens is 340 g/mol. The molecule has 0 unspecified atom stereocenters. The van der Waals surface area contributed by atoms with E-state index in [1.807, 2.05) is 30.3 Å². The molecule has 7 nitrogen and oxygen atoms in total. The molecule has 0 amide bonds. The zero-order chi connectivity index (χ0) is 16.8. The SMILES string of the molecule is O=S(=O)(CCc1ccccc1)NCCS(=O)(=O)N1CCOCC1. The summed E-state index contributed by atoms with van der Waals surface area (Å²) in [5, 5.41) is 0. The molecule has 0 bridgehead atoms. The van der Waals surface area contributed by atoms with E-state index in [-0.39, 0.29) is 18.1 Å². The molecule has 1 aliphatic heterocycles. The number of rotatable bonds is 8. The number of aryl methyl sites for hydroxylation is 1. The molecule has 1 heterocycles. The van der Waals surface area contributed by atoms with Crippen LogP contribution >= 0.6 is 0 Å². The van der Waals surface area contributed by atoms with Crippen LogP contribution in [0.15, 0.2) is 30.3 Å². The van der Waals surface area contributed by atoms with Crippen molar-refractivity contribution in [1.29, 1.82) is 0 Å². The summed E-state index contributed by atoms with van der Waals surface area (Å²) < 4.78 is 56.8. The van der Waals surface area contributed by atoms with Crippen molar-refractivity contribution in [3.8, 4) is 0 Å². The standard InChI is InChI=1S/C14H22N2O5S2/c17-22(18,12-6-14-4-2-1-3-5-14)15-7-13-23(19,20)16-8-10-21-11-9-16/h1-5,15H,6-13H2. The molecule has 1 N–H and O–H groups in total. The minimum atomic E-state index is -3.49. The van der Waals surface area contributed by atoms with Crippen LogP contribution in [0.3, 0.4) is 0 Å². The highest BCUT2D eigenvalue weighted by Gasteiger charge is 2.24. The van der Waals surface area contributed by atoms with E-state index in [0.29, 0.717) is 32.7 Å². The Bertz CT molecular complexity index is 683. The molecule has 0 aliphatic carbocycles. The van der Waals surface area contributed by atoms with Crippen LogP contribution in [0.25, 0.3) is 0 Å². The van der Waals surface area contributed by atoms with Crippen molar-refractivity contribution in [2.75, 3.05) is 44.4 Å². The lowest BCUT2D eigenvalue weighted by molar-refractivity contribution is 0.0730. The van der Waals surface area contributed by atoms with E-state index >= 15 is 0 Å². The minimum absolute atomic E-state index is 0.0609. The first-order valence-corrected chi connectivity index (χ1v) is 10.7. The van der Waals surface area contributed by atoms with E-state index in [1.165, 1.54) is 4.31 Å². The summed E-state index contributed by atoms with van der Waals surface area (Å²) >= 11 is 0. The number of morpholine rings is 1. The van der Waals surface area contributed by atoms with Crippen molar-refractivity contribution in [2.24, 2.45) is 0 Å². The maximum absolute atomic E-state index is 12.1. The number of hydrogen-bond donors (Lipinski definition) is 1. The molecule has 1 aliphatic rings. The maximum atomic E-state index is 12.1. The fourth-order valence-corrected chi connectivity index (χ4v) is 4.76. The zero-order valence-corrected chi connectivity index (χ0v) is 14.5. The molecule has 23 heavy (non-hydrogen) atoms. The summed E-state index contributed by atoms with van der Waals surface area (Å²) in [6.45, 7) is 1.28. The Balaban J connectivity index is 1.77. The monoisotopic (exact) mass is 362 g/mol. The Hall–Kier alpha value is -1.00. The summed E-state index contributed by atoms with van der Waals surface area (Å²) in [4.78, 5) is 0. The van der Waals surface area contributed by atoms with E-state index in [2.05, 4.69) is 4.72 Å². The average Bonchev–Trinajstić information content (AvgIpc) is 2.54. The normalized spacial score (nSPS) is 17.2. The predicted octanol–water partition coefficient (Wildman–Crippen LogP) is -0.189. The molecule has 0 saturated carbocycles. The second kappa shape index (κ2) is 8.20. The van der Waals surface area contributed by atoms with Crippen LogP contribution in [-0.2, 0) is 31.2 Å². The van der Waals surface area contributed by atoms with Crippen molar-refractivity contribution < 1.29 is 21.6 Å². The first kappa shape index (κ1) is 18.3. The molecule has 130 valence electrons. The van der Waals surface area contributed by atoms with Crippen LogP contribution < -0.4 is 4.72 Å². The Morgan fingerprint density at radius 3 is 2.30 bits per heavy atom. The van der Waals surface area contributed by atoms with Gasteiger partial charge in [-0.15, -0.1) is 0 Å². The lowest BCUT2D eigenvalue weighted by Crippen LogP contribution is -2.44. The Labute approximate surface area is 137 Å². The van der Waals surface area contributed by atoms with Crippen molar-refractivity contribution in [3.63, 3.8) is 0 Å². The molecule has 2 rings (SSSR count). The average molecular weight is 362 g/mol. The van der Waals surface area contributed by atoms with E-state index in [0.717, 1.165) is 5.56 Å². The van der Waals surface area contributed by atoms with Gasteiger partial charge in [0, 0.05) is 19.6 Å². The first-order valence-electron chi connectivity index (χ1n) is 7.46. The minimum Gasteiger partial charge on any atom is -0.379 e. The van der Waals surface area contributed by atoms with Crippen LogP contribution in [0.1, 0.15) is 5.56 Å². The molecule has 0 spiro atoms. The van der Waals surface area contributed by atoms with Gasteiger partial charge in [0.1, 0.15) is 0 Å². The highest BCUT2D eigenvalue weighted by molar-refractivity contribution is 7.90. The third-order valence-corrected chi connectivity index (χ3v) is 6.81. The first-order chi connectivity index (χ1) is 10.9. The molecular formula is C14H22N2O5S2. The predicted molar refractivity (Wildman–Crippen MR) is 88.1 cm³/mol. The van der Waals surface area contributed by atoms with Gasteiger partial charge in [-0.2, -0.15) is 4.31 Å². The lowest BCUT2D eigenvalue weighted by Gasteiger charge is -2.26. The van der Waals surface area contributed by atoms with Crippen LogP contribution in [-0.4, -0.2) is 65.5 Å². The van der Waals surface area contributed by atoms with Crippen LogP contribution in [0.2, 0.25) is 0 Å². The van der Waals surface area contributed by atoms with Crippen LogP contribution in [0, 0.1) is 0 Å². The van der Waals surface area contributed by atoms with E-state index in [1.54, 1.807) is 0 Å². The van der Waals surface area contributed by atoms with Gasteiger partial charge >= 0.3 is 0 Å². The Morgan fingerprint density at radius 1 is 1.00 bits per heavy atom. The number of hydrogen-bond acceptors (Lipinski definition) is 5. The maximum Gasteiger partial charge on any atom is 0.215 e. The summed E-state index contributed by atoms with van der Waals surface area (Å²) in [5.74, 6) is -0.299. The fourth-order valence-electron chi connectivity index (χ4n) is 2.25. The summed E-state index contributed by atoms with van der Waals surface area (Å²) in [7, 11) is -6.94. The van der Waals surface area contributed by atoms with Gasteiger partial charge in [0.15, 0.2) is 0 Å². The number of benzene rings is 1. The van der Waals surface area contributed by atoms with Crippen LogP contribution in [0.4, 0.5) is 0 Å². The van der Waals surface area contributed by atoms with Gasteiger partial charge in [-0.25, -0.2) is 21.6 Å². The largest absolute Gasteiger partial charge is 0.379 e. The number of ether oxygens (including phenoxy) is 1. The zero-order valence-electron chi connectivity index (χ0n) is 12.8. The second-order valence-corrected chi connectivity index (χ2v) is 9.29. The molecule has 1 aromatic carbocycles. The Morgan fingerprint density at radius 2 is 1.65 bits per heavy atom. The van der Waals surface area contributed by atoms with Gasteiger partial charge in [0.05, 0.1) is 24.7 Å². The van der Waals surface area contributed by atoms with E-state index < -0.39 is 20.0 Å². The second-order valence-electron chi connectivity index (χ2n) is 5.28. The third-order valence-electron chi connectivity index (χ3n) is 3.55. The molecule has 1 aromatic rings. The van der Waals surface area contributed by atoms with Gasteiger partial charge in [-0.3, -0.25) is 0 Å². The smallest absolute Gasteiger partial charge is 0.215 e. The molecule has 0 radical (unpaired) electrons. The number of nitrogens with one attached hydrogen (secondary N) is 1. The molecule has 1 fully saturated rings. The van der Waals surface area contributed by atoms with Crippen LogP contribution in [0.5, 0.6) is 0 Å². The quantitative estimate of drug-likeness (QED) is 0.692. The third kappa shape index (κ3) is 6.19. The topological polar surface area (TPSA) is 92.8 Å². The summed E-state index contributed by atoms with van der Waals surface area (Å²) in [5.41, 5.74) is 0.929.